The number of benzene rings is 1. The van der Waals surface area contributed by atoms with Crippen LogP contribution in [0.25, 0.3) is 0 Å². The number of hydrogen-bond donors (Lipinski definition) is 1. The first-order valence-corrected chi connectivity index (χ1v) is 6.84. The van der Waals surface area contributed by atoms with E-state index >= 15 is 0 Å². The van der Waals surface area contributed by atoms with Gasteiger partial charge in [-0.3, -0.25) is 4.98 Å². The number of rotatable bonds is 5. The van der Waals surface area contributed by atoms with Crippen molar-refractivity contribution in [3.63, 3.8) is 0 Å². The molecule has 1 heterocycles. The zero-order valence-electron chi connectivity index (χ0n) is 12.0. The smallest absolute Gasteiger partial charge is 0.0336 e. The van der Waals surface area contributed by atoms with Gasteiger partial charge in [-0.1, -0.05) is 30.3 Å². The molecular formula is C17H22N2. The summed E-state index contributed by atoms with van der Waals surface area (Å²) >= 11 is 0. The van der Waals surface area contributed by atoms with E-state index in [1.54, 1.807) is 0 Å². The molecule has 0 saturated heterocycles. The van der Waals surface area contributed by atoms with Crippen LogP contribution < -0.4 is 5.32 Å². The molecule has 1 unspecified atom stereocenters. The molecule has 0 aliphatic rings. The molecule has 2 nitrogen and oxygen atoms in total. The van der Waals surface area contributed by atoms with Crippen molar-refractivity contribution in [3.8, 4) is 0 Å². The maximum Gasteiger partial charge on any atom is 0.0336 e. The Morgan fingerprint density at radius 3 is 2.63 bits per heavy atom. The van der Waals surface area contributed by atoms with Crippen molar-refractivity contribution in [1.29, 1.82) is 0 Å². The summed E-state index contributed by atoms with van der Waals surface area (Å²) in [5.74, 6) is 0. The minimum absolute atomic E-state index is 0.368. The summed E-state index contributed by atoms with van der Waals surface area (Å²) in [5.41, 5.74) is 5.30. The van der Waals surface area contributed by atoms with E-state index in [-0.39, 0.29) is 0 Å². The van der Waals surface area contributed by atoms with Gasteiger partial charge in [0.1, 0.15) is 0 Å². The first-order chi connectivity index (χ1) is 9.20. The van der Waals surface area contributed by atoms with E-state index in [1.807, 2.05) is 19.4 Å². The molecule has 19 heavy (non-hydrogen) atoms. The molecule has 0 aliphatic carbocycles. The Balaban J connectivity index is 2.06. The van der Waals surface area contributed by atoms with Crippen molar-refractivity contribution in [1.82, 2.24) is 10.3 Å². The van der Waals surface area contributed by atoms with Gasteiger partial charge in [0.25, 0.3) is 0 Å². The minimum Gasteiger partial charge on any atom is -0.313 e. The van der Waals surface area contributed by atoms with Crippen LogP contribution in [0.15, 0.2) is 42.7 Å². The summed E-state index contributed by atoms with van der Waals surface area (Å²) in [5, 5.41) is 3.40. The Labute approximate surface area is 115 Å². The third kappa shape index (κ3) is 3.65. The molecule has 0 saturated carbocycles. The molecule has 2 aromatic rings. The molecule has 0 fully saturated rings. The zero-order chi connectivity index (χ0) is 13.7. The average molecular weight is 254 g/mol. The summed E-state index contributed by atoms with van der Waals surface area (Å²) < 4.78 is 0. The fourth-order valence-corrected chi connectivity index (χ4v) is 2.44. The first-order valence-electron chi connectivity index (χ1n) is 6.84. The molecule has 100 valence electrons. The van der Waals surface area contributed by atoms with Crippen LogP contribution in [0.5, 0.6) is 0 Å². The second-order valence-electron chi connectivity index (χ2n) is 5.10. The lowest BCUT2D eigenvalue weighted by molar-refractivity contribution is 0.546. The highest BCUT2D eigenvalue weighted by molar-refractivity contribution is 5.26. The standard InChI is InChI=1S/C17H22N2/c1-13-10-16(12-19-11-13)17(18-3)9-8-15-7-5-4-6-14(15)2/h4-7,10-12,17-18H,8-9H2,1-3H3. The van der Waals surface area contributed by atoms with Crippen molar-refractivity contribution in [2.75, 3.05) is 7.05 Å². The topological polar surface area (TPSA) is 24.9 Å². The Kier molecular flexibility index (Phi) is 4.69. The fraction of sp³-hybridized carbons (Fsp3) is 0.353. The van der Waals surface area contributed by atoms with Crippen LogP contribution in [0.3, 0.4) is 0 Å². The molecule has 0 amide bonds. The van der Waals surface area contributed by atoms with Gasteiger partial charge in [0.15, 0.2) is 0 Å². The van der Waals surface area contributed by atoms with Crippen LogP contribution >= 0.6 is 0 Å². The van der Waals surface area contributed by atoms with Crippen LogP contribution in [0.4, 0.5) is 0 Å². The zero-order valence-corrected chi connectivity index (χ0v) is 12.0. The molecule has 2 rings (SSSR count). The molecule has 1 N–H and O–H groups in total. The third-order valence-electron chi connectivity index (χ3n) is 3.61. The van der Waals surface area contributed by atoms with Gasteiger partial charge in [0.05, 0.1) is 0 Å². The Bertz CT molecular complexity index is 534. The first kappa shape index (κ1) is 13.8. The van der Waals surface area contributed by atoms with Gasteiger partial charge in [0, 0.05) is 18.4 Å². The Morgan fingerprint density at radius 1 is 1.16 bits per heavy atom. The highest BCUT2D eigenvalue weighted by Crippen LogP contribution is 2.20. The number of nitrogens with zero attached hydrogens (tertiary/aromatic N) is 1. The van der Waals surface area contributed by atoms with Gasteiger partial charge in [-0.15, -0.1) is 0 Å². The molecule has 1 atom stereocenters. The Hall–Kier alpha value is -1.67. The van der Waals surface area contributed by atoms with Crippen LogP contribution in [-0.4, -0.2) is 12.0 Å². The maximum absolute atomic E-state index is 4.29. The highest BCUT2D eigenvalue weighted by Gasteiger charge is 2.10. The van der Waals surface area contributed by atoms with Crippen molar-refractivity contribution in [2.24, 2.45) is 0 Å². The lowest BCUT2D eigenvalue weighted by Gasteiger charge is -2.17. The minimum atomic E-state index is 0.368. The van der Waals surface area contributed by atoms with Crippen LogP contribution in [0.1, 0.15) is 34.7 Å². The van der Waals surface area contributed by atoms with Crippen LogP contribution in [-0.2, 0) is 6.42 Å². The van der Waals surface area contributed by atoms with Gasteiger partial charge >= 0.3 is 0 Å². The molecule has 0 spiro atoms. The highest BCUT2D eigenvalue weighted by atomic mass is 14.9. The molecule has 1 aromatic heterocycles. The number of aromatic nitrogens is 1. The molecular weight excluding hydrogens is 232 g/mol. The van der Waals surface area contributed by atoms with E-state index in [9.17, 15) is 0 Å². The van der Waals surface area contributed by atoms with E-state index < -0.39 is 0 Å². The molecule has 1 aromatic carbocycles. The predicted molar refractivity (Wildman–Crippen MR) is 80.3 cm³/mol. The number of pyridine rings is 1. The van der Waals surface area contributed by atoms with Crippen molar-refractivity contribution >= 4 is 0 Å². The van der Waals surface area contributed by atoms with Gasteiger partial charge in [-0.2, -0.15) is 0 Å². The van der Waals surface area contributed by atoms with E-state index in [4.69, 9.17) is 0 Å². The molecule has 0 bridgehead atoms. The molecule has 0 radical (unpaired) electrons. The summed E-state index contributed by atoms with van der Waals surface area (Å²) in [6.45, 7) is 4.27. The third-order valence-corrected chi connectivity index (χ3v) is 3.61. The summed E-state index contributed by atoms with van der Waals surface area (Å²) in [4.78, 5) is 4.29. The normalized spacial score (nSPS) is 12.4. The summed E-state index contributed by atoms with van der Waals surface area (Å²) in [7, 11) is 2.02. The second-order valence-corrected chi connectivity index (χ2v) is 5.10. The van der Waals surface area contributed by atoms with E-state index in [0.717, 1.165) is 12.8 Å². The van der Waals surface area contributed by atoms with E-state index in [2.05, 4.69) is 54.5 Å². The van der Waals surface area contributed by atoms with Crippen molar-refractivity contribution in [3.05, 3.63) is 65.0 Å². The van der Waals surface area contributed by atoms with Gasteiger partial charge in [-0.05, 0) is 56.0 Å². The van der Waals surface area contributed by atoms with E-state index in [1.165, 1.54) is 22.3 Å². The molecule has 0 aliphatic heterocycles. The SMILES string of the molecule is CNC(CCc1ccccc1C)c1cncc(C)c1. The monoisotopic (exact) mass is 254 g/mol. The lowest BCUT2D eigenvalue weighted by atomic mass is 9.97. The van der Waals surface area contributed by atoms with Gasteiger partial charge in [0.2, 0.25) is 0 Å². The fourth-order valence-electron chi connectivity index (χ4n) is 2.44. The second kappa shape index (κ2) is 6.48. The van der Waals surface area contributed by atoms with Crippen molar-refractivity contribution in [2.45, 2.75) is 32.7 Å². The van der Waals surface area contributed by atoms with Crippen LogP contribution in [0, 0.1) is 13.8 Å². The number of nitrogens with one attached hydrogen (secondary N) is 1. The maximum atomic E-state index is 4.29. The number of hydrogen-bond acceptors (Lipinski definition) is 2. The predicted octanol–water partition coefficient (Wildman–Crippen LogP) is 3.59. The number of aryl methyl sites for hydroxylation is 3. The van der Waals surface area contributed by atoms with Crippen molar-refractivity contribution < 1.29 is 0 Å². The van der Waals surface area contributed by atoms with Crippen LogP contribution in [0.2, 0.25) is 0 Å². The van der Waals surface area contributed by atoms with Gasteiger partial charge in [-0.25, -0.2) is 0 Å². The Morgan fingerprint density at radius 2 is 1.95 bits per heavy atom. The van der Waals surface area contributed by atoms with E-state index in [0.29, 0.717) is 6.04 Å². The largest absolute Gasteiger partial charge is 0.313 e. The molecule has 2 heteroatoms. The lowest BCUT2D eigenvalue weighted by Crippen LogP contribution is -2.17. The van der Waals surface area contributed by atoms with Gasteiger partial charge < -0.3 is 5.32 Å². The summed E-state index contributed by atoms with van der Waals surface area (Å²) in [6, 6.07) is 11.2. The summed E-state index contributed by atoms with van der Waals surface area (Å²) in [6.07, 6.45) is 6.04. The quantitative estimate of drug-likeness (QED) is 0.882. The average Bonchev–Trinajstić information content (AvgIpc) is 2.41.